The van der Waals surface area contributed by atoms with Crippen LogP contribution in [0.1, 0.15) is 13.8 Å². The fourth-order valence-electron chi connectivity index (χ4n) is 2.86. The molecule has 144 valence electrons. The first kappa shape index (κ1) is 19.5. The number of sulfonamides is 1. The molecule has 0 saturated heterocycles. The summed E-state index contributed by atoms with van der Waals surface area (Å²) in [5.74, 6) is -0.346. The number of amides is 1. The fourth-order valence-corrected chi connectivity index (χ4v) is 4.76. The van der Waals surface area contributed by atoms with Gasteiger partial charge in [0.05, 0.1) is 17.6 Å². The minimum Gasteiger partial charge on any atom is -0.476 e. The Bertz CT molecular complexity index is 991. The van der Waals surface area contributed by atoms with Crippen LogP contribution in [0.3, 0.4) is 0 Å². The molecule has 1 aliphatic rings. The molecule has 1 heterocycles. The highest BCUT2D eigenvalue weighted by atomic mass is 32.3. The lowest BCUT2D eigenvalue weighted by Gasteiger charge is -2.39. The predicted octanol–water partition coefficient (Wildman–Crippen LogP) is 3.71. The molecular weight excluding hydrogens is 391 g/mol. The lowest BCUT2D eigenvalue weighted by molar-refractivity contribution is -0.131. The number of hydrogen-bond acceptors (Lipinski definition) is 5. The van der Waals surface area contributed by atoms with Crippen LogP contribution in [-0.4, -0.2) is 32.4 Å². The van der Waals surface area contributed by atoms with E-state index in [9.17, 15) is 17.6 Å². The van der Waals surface area contributed by atoms with Crippen LogP contribution < -0.4 is 13.3 Å². The average Bonchev–Trinajstić information content (AvgIpc) is 2.56. The zero-order valence-corrected chi connectivity index (χ0v) is 16.9. The number of ether oxygens (including phenoxy) is 1. The van der Waals surface area contributed by atoms with E-state index < -0.39 is 21.4 Å². The highest BCUT2D eigenvalue weighted by molar-refractivity contribution is 8.14. The third-order valence-electron chi connectivity index (χ3n) is 4.03. The zero-order valence-electron chi connectivity index (χ0n) is 15.3. The van der Waals surface area contributed by atoms with Gasteiger partial charge in [0.25, 0.3) is 5.91 Å². The molecule has 0 saturated carbocycles. The van der Waals surface area contributed by atoms with Gasteiger partial charge in [0.1, 0.15) is 11.6 Å². The number of halogens is 1. The SMILES string of the molecule is CSN(c1ccc2c(c1)OC(C)(C)C(=O)N2c1ccc(F)cc1)S(C)(=O)=O. The summed E-state index contributed by atoms with van der Waals surface area (Å²) in [7, 11) is -3.49. The topological polar surface area (TPSA) is 66.9 Å². The molecule has 0 bridgehead atoms. The minimum absolute atomic E-state index is 0.306. The second kappa shape index (κ2) is 6.72. The number of carbonyl (C=O) groups is 1. The normalized spacial score (nSPS) is 15.9. The van der Waals surface area contributed by atoms with Crippen molar-refractivity contribution < 1.29 is 22.3 Å². The molecule has 0 unspecified atom stereocenters. The Hall–Kier alpha value is -2.26. The molecule has 2 aromatic rings. The van der Waals surface area contributed by atoms with E-state index in [1.165, 1.54) is 32.9 Å². The van der Waals surface area contributed by atoms with E-state index in [1.807, 2.05) is 0 Å². The summed E-state index contributed by atoms with van der Waals surface area (Å²) in [5.41, 5.74) is 0.198. The van der Waals surface area contributed by atoms with Crippen molar-refractivity contribution >= 4 is 44.9 Å². The van der Waals surface area contributed by atoms with Gasteiger partial charge >= 0.3 is 0 Å². The molecule has 3 rings (SSSR count). The van der Waals surface area contributed by atoms with Gasteiger partial charge in [0.2, 0.25) is 10.0 Å². The number of rotatable bonds is 4. The van der Waals surface area contributed by atoms with Gasteiger partial charge in [-0.2, -0.15) is 0 Å². The number of hydrogen-bond donors (Lipinski definition) is 0. The maximum atomic E-state index is 13.3. The molecule has 0 radical (unpaired) electrons. The van der Waals surface area contributed by atoms with E-state index in [1.54, 1.807) is 38.3 Å². The molecule has 9 heteroatoms. The highest BCUT2D eigenvalue weighted by Crippen LogP contribution is 2.44. The standard InChI is InChI=1S/C18H19FN2O4S2/c1-18(2)17(22)20(13-7-5-12(19)6-8-13)15-10-9-14(11-16(15)25-18)21(26-3)27(4,23)24/h5-11H,1-4H3. The number of benzene rings is 2. The van der Waals surface area contributed by atoms with E-state index in [-0.39, 0.29) is 5.91 Å². The summed E-state index contributed by atoms with van der Waals surface area (Å²) in [6.07, 6.45) is 2.77. The molecule has 0 fully saturated rings. The molecule has 0 N–H and O–H groups in total. The molecule has 6 nitrogen and oxygen atoms in total. The van der Waals surface area contributed by atoms with Crippen LogP contribution in [-0.2, 0) is 14.8 Å². The van der Waals surface area contributed by atoms with Crippen LogP contribution in [0.4, 0.5) is 21.5 Å². The second-order valence-corrected chi connectivity index (χ2v) is 9.35. The van der Waals surface area contributed by atoms with Crippen LogP contribution in [0, 0.1) is 5.82 Å². The third-order valence-corrected chi connectivity index (χ3v) is 6.65. The highest BCUT2D eigenvalue weighted by Gasteiger charge is 2.42. The predicted molar refractivity (Wildman–Crippen MR) is 106 cm³/mol. The molecule has 0 aliphatic carbocycles. The van der Waals surface area contributed by atoms with Gasteiger partial charge in [-0.25, -0.2) is 16.5 Å². The van der Waals surface area contributed by atoms with Gasteiger partial charge in [-0.15, -0.1) is 0 Å². The molecule has 0 atom stereocenters. The van der Waals surface area contributed by atoms with Crippen molar-refractivity contribution in [1.82, 2.24) is 0 Å². The molecule has 0 spiro atoms. The van der Waals surface area contributed by atoms with Crippen LogP contribution in [0.15, 0.2) is 42.5 Å². The Labute approximate surface area is 162 Å². The Balaban J connectivity index is 2.15. The van der Waals surface area contributed by atoms with Crippen molar-refractivity contribution in [1.29, 1.82) is 0 Å². The first-order chi connectivity index (χ1) is 12.5. The van der Waals surface area contributed by atoms with E-state index in [0.29, 0.717) is 22.8 Å². The summed E-state index contributed by atoms with van der Waals surface area (Å²) >= 11 is 1.05. The van der Waals surface area contributed by atoms with Gasteiger partial charge in [0.15, 0.2) is 5.60 Å². The van der Waals surface area contributed by atoms with Gasteiger partial charge in [-0.05, 0) is 62.2 Å². The number of carbonyl (C=O) groups excluding carboxylic acids is 1. The molecule has 2 aromatic carbocycles. The maximum absolute atomic E-state index is 13.3. The van der Waals surface area contributed by atoms with Crippen molar-refractivity contribution in [2.75, 3.05) is 21.1 Å². The van der Waals surface area contributed by atoms with E-state index in [0.717, 1.165) is 18.2 Å². The molecule has 0 aromatic heterocycles. The molecule has 27 heavy (non-hydrogen) atoms. The largest absolute Gasteiger partial charge is 0.476 e. The Morgan fingerprint density at radius 1 is 1.15 bits per heavy atom. The van der Waals surface area contributed by atoms with Crippen molar-refractivity contribution in [3.63, 3.8) is 0 Å². The zero-order chi connectivity index (χ0) is 20.0. The molecule has 1 amide bonds. The van der Waals surface area contributed by atoms with Crippen molar-refractivity contribution in [2.45, 2.75) is 19.4 Å². The quantitative estimate of drug-likeness (QED) is 0.719. The second-order valence-electron chi connectivity index (χ2n) is 6.55. The van der Waals surface area contributed by atoms with Crippen LogP contribution in [0.25, 0.3) is 0 Å². The summed E-state index contributed by atoms with van der Waals surface area (Å²) in [6, 6.07) is 10.4. The van der Waals surface area contributed by atoms with Crippen LogP contribution >= 0.6 is 11.9 Å². The van der Waals surface area contributed by atoms with Gasteiger partial charge in [-0.1, -0.05) is 0 Å². The number of fused-ring (bicyclic) bond motifs is 1. The smallest absolute Gasteiger partial charge is 0.275 e. The third kappa shape index (κ3) is 3.61. The summed E-state index contributed by atoms with van der Waals surface area (Å²) in [4.78, 5) is 14.4. The van der Waals surface area contributed by atoms with Gasteiger partial charge in [0, 0.05) is 18.0 Å². The van der Waals surface area contributed by atoms with Crippen molar-refractivity contribution in [3.8, 4) is 5.75 Å². The summed E-state index contributed by atoms with van der Waals surface area (Å²) in [6.45, 7) is 3.26. The lowest BCUT2D eigenvalue weighted by atomic mass is 10.0. The Morgan fingerprint density at radius 2 is 1.78 bits per heavy atom. The first-order valence-electron chi connectivity index (χ1n) is 8.02. The summed E-state index contributed by atoms with van der Waals surface area (Å²) in [5, 5.41) is 0. The molecule has 1 aliphatic heterocycles. The number of nitrogens with zero attached hydrogens (tertiary/aromatic N) is 2. The van der Waals surface area contributed by atoms with Crippen molar-refractivity contribution in [3.05, 3.63) is 48.3 Å². The lowest BCUT2D eigenvalue weighted by Crippen LogP contribution is -2.50. The Morgan fingerprint density at radius 3 is 2.33 bits per heavy atom. The minimum atomic E-state index is -3.49. The Kier molecular flexibility index (Phi) is 4.85. The summed E-state index contributed by atoms with van der Waals surface area (Å²) < 4.78 is 44.3. The molecular formula is C18H19FN2O4S2. The van der Waals surface area contributed by atoms with E-state index >= 15 is 0 Å². The monoisotopic (exact) mass is 410 g/mol. The van der Waals surface area contributed by atoms with Gasteiger partial charge in [-0.3, -0.25) is 9.69 Å². The maximum Gasteiger partial charge on any atom is 0.275 e. The average molecular weight is 410 g/mol. The van der Waals surface area contributed by atoms with Crippen molar-refractivity contribution in [2.24, 2.45) is 0 Å². The number of anilines is 3. The van der Waals surface area contributed by atoms with E-state index in [2.05, 4.69) is 0 Å². The van der Waals surface area contributed by atoms with Crippen LogP contribution in [0.5, 0.6) is 5.75 Å². The van der Waals surface area contributed by atoms with Gasteiger partial charge < -0.3 is 4.74 Å². The fraction of sp³-hybridized carbons (Fsp3) is 0.278. The van der Waals surface area contributed by atoms with Crippen LogP contribution in [0.2, 0.25) is 0 Å². The van der Waals surface area contributed by atoms with E-state index in [4.69, 9.17) is 4.74 Å². The first-order valence-corrected chi connectivity index (χ1v) is 11.1.